The lowest BCUT2D eigenvalue weighted by Gasteiger charge is -2.23. The van der Waals surface area contributed by atoms with Crippen LogP contribution in [0.2, 0.25) is 5.02 Å². The summed E-state index contributed by atoms with van der Waals surface area (Å²) in [6.07, 6.45) is 0.847. The minimum atomic E-state index is -0.817. The van der Waals surface area contributed by atoms with E-state index in [1.807, 2.05) is 11.8 Å². The normalized spacial score (nSPS) is 24.4. The first-order valence-corrected chi connectivity index (χ1v) is 6.27. The number of hydrogen-bond donors (Lipinski definition) is 1. The molecule has 1 saturated heterocycles. The first-order valence-electron chi connectivity index (χ1n) is 5.89. The van der Waals surface area contributed by atoms with Crippen LogP contribution in [-0.2, 0) is 11.3 Å². The Morgan fingerprint density at radius 2 is 2.28 bits per heavy atom. The number of halogens is 2. The Morgan fingerprint density at radius 3 is 2.89 bits per heavy atom. The minimum Gasteiger partial charge on any atom is -0.480 e. The van der Waals surface area contributed by atoms with E-state index in [2.05, 4.69) is 0 Å². The highest BCUT2D eigenvalue weighted by Crippen LogP contribution is 2.26. The van der Waals surface area contributed by atoms with Crippen LogP contribution in [-0.4, -0.2) is 28.6 Å². The van der Waals surface area contributed by atoms with Gasteiger partial charge in [0.05, 0.1) is 0 Å². The molecule has 0 amide bonds. The Kier molecular flexibility index (Phi) is 3.88. The number of hydrogen-bond acceptors (Lipinski definition) is 2. The Bertz CT molecular complexity index is 446. The molecule has 1 heterocycles. The van der Waals surface area contributed by atoms with Crippen molar-refractivity contribution in [1.82, 2.24) is 4.90 Å². The highest BCUT2D eigenvalue weighted by atomic mass is 35.5. The third-order valence-electron chi connectivity index (χ3n) is 3.37. The van der Waals surface area contributed by atoms with Crippen LogP contribution in [0.5, 0.6) is 0 Å². The molecule has 0 aromatic heterocycles. The molecule has 98 valence electrons. The van der Waals surface area contributed by atoms with Crippen molar-refractivity contribution in [3.8, 4) is 0 Å². The van der Waals surface area contributed by atoms with Gasteiger partial charge in [-0.25, -0.2) is 4.39 Å². The highest BCUT2D eigenvalue weighted by Gasteiger charge is 2.36. The average Bonchev–Trinajstić information content (AvgIpc) is 2.57. The van der Waals surface area contributed by atoms with Crippen LogP contribution in [0.25, 0.3) is 0 Å². The molecule has 0 radical (unpaired) electrons. The molecular weight excluding hydrogens is 257 g/mol. The first-order chi connectivity index (χ1) is 8.47. The van der Waals surface area contributed by atoms with E-state index >= 15 is 0 Å². The molecule has 3 nitrogen and oxygen atoms in total. The monoisotopic (exact) mass is 271 g/mol. The quantitative estimate of drug-likeness (QED) is 0.919. The summed E-state index contributed by atoms with van der Waals surface area (Å²) in [6, 6.07) is 3.82. The van der Waals surface area contributed by atoms with Crippen LogP contribution < -0.4 is 0 Å². The van der Waals surface area contributed by atoms with E-state index < -0.39 is 17.8 Å². The maximum atomic E-state index is 13.2. The van der Waals surface area contributed by atoms with E-state index in [1.165, 1.54) is 12.1 Å². The van der Waals surface area contributed by atoms with Crippen molar-refractivity contribution in [2.75, 3.05) is 6.54 Å². The number of likely N-dealkylation sites (tertiary alicyclic amines) is 1. The zero-order chi connectivity index (χ0) is 13.3. The zero-order valence-corrected chi connectivity index (χ0v) is 10.8. The molecule has 0 aliphatic carbocycles. The molecule has 1 fully saturated rings. The van der Waals surface area contributed by atoms with E-state index in [1.54, 1.807) is 6.07 Å². The maximum absolute atomic E-state index is 13.2. The van der Waals surface area contributed by atoms with Crippen molar-refractivity contribution in [2.24, 2.45) is 5.92 Å². The Morgan fingerprint density at radius 1 is 1.56 bits per heavy atom. The van der Waals surface area contributed by atoms with Crippen LogP contribution in [0.4, 0.5) is 4.39 Å². The van der Waals surface area contributed by atoms with E-state index in [4.69, 9.17) is 11.6 Å². The summed E-state index contributed by atoms with van der Waals surface area (Å²) in [7, 11) is 0. The third kappa shape index (κ3) is 2.82. The number of nitrogens with zero attached hydrogens (tertiary/aromatic N) is 1. The molecule has 0 bridgehead atoms. The SMILES string of the molecule is CC1CCN(Cc2cc(F)cc(Cl)c2)C1C(=O)O. The van der Waals surface area contributed by atoms with Gasteiger partial charge >= 0.3 is 5.97 Å². The highest BCUT2D eigenvalue weighted by molar-refractivity contribution is 6.30. The second-order valence-electron chi connectivity index (χ2n) is 4.80. The molecule has 1 aromatic rings. The molecule has 0 spiro atoms. The molecule has 0 saturated carbocycles. The van der Waals surface area contributed by atoms with Gasteiger partial charge < -0.3 is 5.11 Å². The summed E-state index contributed by atoms with van der Waals surface area (Å²) in [5.41, 5.74) is 0.709. The summed E-state index contributed by atoms with van der Waals surface area (Å²) in [6.45, 7) is 3.06. The lowest BCUT2D eigenvalue weighted by Crippen LogP contribution is -2.38. The van der Waals surface area contributed by atoms with Gasteiger partial charge in [-0.15, -0.1) is 0 Å². The number of benzene rings is 1. The molecular formula is C13H15ClFNO2. The Labute approximate surface area is 110 Å². The third-order valence-corrected chi connectivity index (χ3v) is 3.58. The number of rotatable bonds is 3. The lowest BCUT2D eigenvalue weighted by atomic mass is 10.0. The van der Waals surface area contributed by atoms with Crippen LogP contribution in [0.15, 0.2) is 18.2 Å². The second-order valence-corrected chi connectivity index (χ2v) is 5.23. The van der Waals surface area contributed by atoms with E-state index in [0.29, 0.717) is 23.7 Å². The van der Waals surface area contributed by atoms with Gasteiger partial charge in [0, 0.05) is 11.6 Å². The molecule has 18 heavy (non-hydrogen) atoms. The maximum Gasteiger partial charge on any atom is 0.321 e. The predicted molar refractivity (Wildman–Crippen MR) is 67.0 cm³/mol. The van der Waals surface area contributed by atoms with Crippen LogP contribution in [0, 0.1) is 11.7 Å². The van der Waals surface area contributed by atoms with E-state index in [-0.39, 0.29) is 5.92 Å². The van der Waals surface area contributed by atoms with Gasteiger partial charge in [-0.3, -0.25) is 9.69 Å². The lowest BCUT2D eigenvalue weighted by molar-refractivity contribution is -0.143. The van der Waals surface area contributed by atoms with Gasteiger partial charge in [-0.1, -0.05) is 18.5 Å². The van der Waals surface area contributed by atoms with Crippen molar-refractivity contribution in [3.05, 3.63) is 34.6 Å². The van der Waals surface area contributed by atoms with Crippen molar-refractivity contribution in [3.63, 3.8) is 0 Å². The molecule has 1 aliphatic rings. The predicted octanol–water partition coefficient (Wildman–Crippen LogP) is 2.77. The topological polar surface area (TPSA) is 40.5 Å². The van der Waals surface area contributed by atoms with Gasteiger partial charge in [0.25, 0.3) is 0 Å². The van der Waals surface area contributed by atoms with Crippen LogP contribution in [0.3, 0.4) is 0 Å². The van der Waals surface area contributed by atoms with Gasteiger partial charge in [0.2, 0.25) is 0 Å². The number of carboxylic acid groups (broad SMARTS) is 1. The standard InChI is InChI=1S/C13H15ClFNO2/c1-8-2-3-16(12(8)13(17)18)7-9-4-10(14)6-11(15)5-9/h4-6,8,12H,2-3,7H2,1H3,(H,17,18). The number of aliphatic carboxylic acids is 1. The first kappa shape index (κ1) is 13.3. The zero-order valence-electron chi connectivity index (χ0n) is 10.1. The molecule has 2 unspecified atom stereocenters. The Hall–Kier alpha value is -1.13. The van der Waals surface area contributed by atoms with Crippen molar-refractivity contribution in [2.45, 2.75) is 25.9 Å². The fourth-order valence-corrected chi connectivity index (χ4v) is 2.78. The largest absolute Gasteiger partial charge is 0.480 e. The van der Waals surface area contributed by atoms with Crippen molar-refractivity contribution in [1.29, 1.82) is 0 Å². The van der Waals surface area contributed by atoms with E-state index in [0.717, 1.165) is 6.42 Å². The summed E-state index contributed by atoms with van der Waals surface area (Å²) in [5, 5.41) is 9.54. The van der Waals surface area contributed by atoms with Gasteiger partial charge in [0.1, 0.15) is 11.9 Å². The molecule has 5 heteroatoms. The fraction of sp³-hybridized carbons (Fsp3) is 0.462. The summed E-state index contributed by atoms with van der Waals surface area (Å²) in [5.74, 6) is -1.09. The van der Waals surface area contributed by atoms with E-state index in [9.17, 15) is 14.3 Å². The number of carbonyl (C=O) groups is 1. The molecule has 1 N–H and O–H groups in total. The van der Waals surface area contributed by atoms with Gasteiger partial charge in [-0.2, -0.15) is 0 Å². The molecule has 2 rings (SSSR count). The summed E-state index contributed by atoms with van der Waals surface area (Å²) < 4.78 is 13.2. The van der Waals surface area contributed by atoms with Crippen molar-refractivity contribution >= 4 is 17.6 Å². The minimum absolute atomic E-state index is 0.117. The van der Waals surface area contributed by atoms with Crippen molar-refractivity contribution < 1.29 is 14.3 Å². The van der Waals surface area contributed by atoms with Crippen LogP contribution >= 0.6 is 11.6 Å². The summed E-state index contributed by atoms with van der Waals surface area (Å²) >= 11 is 5.79. The van der Waals surface area contributed by atoms with Gasteiger partial charge in [0.15, 0.2) is 0 Å². The molecule has 1 aromatic carbocycles. The Balaban J connectivity index is 2.15. The second kappa shape index (κ2) is 5.24. The molecule has 1 aliphatic heterocycles. The average molecular weight is 272 g/mol. The number of carboxylic acids is 1. The molecule has 2 atom stereocenters. The summed E-state index contributed by atoms with van der Waals surface area (Å²) in [4.78, 5) is 13.1. The smallest absolute Gasteiger partial charge is 0.321 e. The fourth-order valence-electron chi connectivity index (χ4n) is 2.54. The van der Waals surface area contributed by atoms with Crippen LogP contribution in [0.1, 0.15) is 18.9 Å². The van der Waals surface area contributed by atoms with Gasteiger partial charge in [-0.05, 0) is 42.6 Å².